The molecule has 158 valence electrons. The van der Waals surface area contributed by atoms with Gasteiger partial charge in [0, 0.05) is 5.56 Å². The van der Waals surface area contributed by atoms with Crippen LogP contribution in [0.5, 0.6) is 0 Å². The van der Waals surface area contributed by atoms with E-state index >= 15 is 0 Å². The number of ether oxygens (including phenoxy) is 1. The van der Waals surface area contributed by atoms with E-state index in [0.717, 1.165) is 0 Å². The van der Waals surface area contributed by atoms with Crippen molar-refractivity contribution in [3.05, 3.63) is 83.9 Å². The molecule has 2 amide bonds. The van der Waals surface area contributed by atoms with E-state index in [1.165, 1.54) is 7.11 Å². The molecular formula is C23H26N2O5. The van der Waals surface area contributed by atoms with E-state index in [4.69, 9.17) is 4.74 Å². The predicted molar refractivity (Wildman–Crippen MR) is 112 cm³/mol. The van der Waals surface area contributed by atoms with Crippen LogP contribution in [-0.2, 0) is 14.3 Å². The first kappa shape index (κ1) is 22.8. The zero-order valence-corrected chi connectivity index (χ0v) is 17.0. The summed E-state index contributed by atoms with van der Waals surface area (Å²) in [5.74, 6) is -1.90. The summed E-state index contributed by atoms with van der Waals surface area (Å²) >= 11 is 0. The van der Waals surface area contributed by atoms with Gasteiger partial charge in [0.2, 0.25) is 0 Å². The van der Waals surface area contributed by atoms with Crippen molar-refractivity contribution in [2.45, 2.75) is 31.5 Å². The molecule has 30 heavy (non-hydrogen) atoms. The van der Waals surface area contributed by atoms with E-state index in [1.54, 1.807) is 67.6 Å². The first-order valence-electron chi connectivity index (χ1n) is 9.45. The van der Waals surface area contributed by atoms with Gasteiger partial charge in [-0.15, -0.1) is 6.58 Å². The highest BCUT2D eigenvalue weighted by Crippen LogP contribution is 2.19. The van der Waals surface area contributed by atoms with E-state index in [0.29, 0.717) is 16.7 Å². The van der Waals surface area contributed by atoms with Crippen molar-refractivity contribution in [1.29, 1.82) is 0 Å². The first-order chi connectivity index (χ1) is 14.3. The van der Waals surface area contributed by atoms with Crippen LogP contribution in [0, 0.1) is 0 Å². The third kappa shape index (κ3) is 6.28. The average Bonchev–Trinajstić information content (AvgIpc) is 2.76. The Morgan fingerprint density at radius 1 is 1.00 bits per heavy atom. The van der Waals surface area contributed by atoms with Gasteiger partial charge in [0.15, 0.2) is 6.10 Å². The number of rotatable bonds is 9. The molecule has 0 bridgehead atoms. The maximum Gasteiger partial charge on any atom is 0.328 e. The molecule has 0 saturated carbocycles. The zero-order chi connectivity index (χ0) is 22.1. The molecule has 0 spiro atoms. The smallest absolute Gasteiger partial charge is 0.328 e. The number of nitrogens with one attached hydrogen (secondary N) is 2. The lowest BCUT2D eigenvalue weighted by Gasteiger charge is -2.26. The molecule has 0 aliphatic carbocycles. The van der Waals surface area contributed by atoms with E-state index in [-0.39, 0.29) is 6.42 Å². The van der Waals surface area contributed by atoms with Crippen molar-refractivity contribution in [3.63, 3.8) is 0 Å². The highest BCUT2D eigenvalue weighted by Gasteiger charge is 2.32. The van der Waals surface area contributed by atoms with Crippen molar-refractivity contribution >= 4 is 17.8 Å². The Kier molecular flexibility index (Phi) is 8.31. The molecule has 0 unspecified atom stereocenters. The Bertz CT molecular complexity index is 883. The standard InChI is InChI=1S/C23H26N2O5/c1-15(2)14-18(23(29)30-3)24-22(28)20(26)19(16-10-6-4-7-11-16)25-21(27)17-12-8-5-9-13-17/h4-13,18-20,26H,1,14H2,2-3H3,(H,24,28)(H,25,27)/t18-,19+,20-/m1/s1. The van der Waals surface area contributed by atoms with E-state index in [1.807, 2.05) is 0 Å². The minimum atomic E-state index is -1.64. The van der Waals surface area contributed by atoms with Gasteiger partial charge in [0.1, 0.15) is 6.04 Å². The molecule has 2 aromatic carbocycles. The minimum Gasteiger partial charge on any atom is -0.467 e. The van der Waals surface area contributed by atoms with Crippen LogP contribution in [0.15, 0.2) is 72.8 Å². The van der Waals surface area contributed by atoms with E-state index < -0.39 is 36.0 Å². The molecule has 0 heterocycles. The van der Waals surface area contributed by atoms with Gasteiger partial charge < -0.3 is 20.5 Å². The lowest BCUT2D eigenvalue weighted by Crippen LogP contribution is -2.50. The summed E-state index contributed by atoms with van der Waals surface area (Å²) in [4.78, 5) is 37.4. The Morgan fingerprint density at radius 3 is 2.10 bits per heavy atom. The fourth-order valence-corrected chi connectivity index (χ4v) is 2.91. The summed E-state index contributed by atoms with van der Waals surface area (Å²) in [6, 6.07) is 15.1. The van der Waals surface area contributed by atoms with Gasteiger partial charge in [0.25, 0.3) is 11.8 Å². The fraction of sp³-hybridized carbons (Fsp3) is 0.261. The third-order valence-corrected chi connectivity index (χ3v) is 4.42. The number of esters is 1. The summed E-state index contributed by atoms with van der Waals surface area (Å²) in [6.07, 6.45) is -1.48. The summed E-state index contributed by atoms with van der Waals surface area (Å²) in [5.41, 5.74) is 1.59. The molecule has 0 saturated heterocycles. The molecular weight excluding hydrogens is 384 g/mol. The van der Waals surface area contributed by atoms with Crippen LogP contribution in [-0.4, -0.2) is 42.1 Å². The quantitative estimate of drug-likeness (QED) is 0.434. The molecule has 0 aliphatic heterocycles. The van der Waals surface area contributed by atoms with Gasteiger partial charge in [-0.3, -0.25) is 9.59 Å². The average molecular weight is 410 g/mol. The summed E-state index contributed by atoms with van der Waals surface area (Å²) in [7, 11) is 1.21. The molecule has 2 aromatic rings. The van der Waals surface area contributed by atoms with Gasteiger partial charge in [-0.05, 0) is 31.0 Å². The number of benzene rings is 2. The van der Waals surface area contributed by atoms with Gasteiger partial charge in [0.05, 0.1) is 13.2 Å². The number of carbonyl (C=O) groups is 3. The lowest BCUT2D eigenvalue weighted by atomic mass is 9.99. The molecule has 7 nitrogen and oxygen atoms in total. The van der Waals surface area contributed by atoms with Crippen molar-refractivity contribution in [1.82, 2.24) is 10.6 Å². The summed E-state index contributed by atoms with van der Waals surface area (Å²) in [6.45, 7) is 5.45. The normalized spacial score (nSPS) is 13.4. The van der Waals surface area contributed by atoms with Gasteiger partial charge in [-0.25, -0.2) is 4.79 Å². The highest BCUT2D eigenvalue weighted by atomic mass is 16.5. The molecule has 3 atom stereocenters. The van der Waals surface area contributed by atoms with Gasteiger partial charge in [-0.2, -0.15) is 0 Å². The van der Waals surface area contributed by atoms with Crippen LogP contribution in [0.1, 0.15) is 35.3 Å². The summed E-state index contributed by atoms with van der Waals surface area (Å²) in [5, 5.41) is 16.0. The number of carbonyl (C=O) groups excluding carboxylic acids is 3. The topological polar surface area (TPSA) is 105 Å². The first-order valence-corrected chi connectivity index (χ1v) is 9.45. The van der Waals surface area contributed by atoms with Crippen LogP contribution in [0.2, 0.25) is 0 Å². The second-order valence-corrected chi connectivity index (χ2v) is 6.92. The third-order valence-electron chi connectivity index (χ3n) is 4.42. The number of aliphatic hydroxyl groups is 1. The Hall–Kier alpha value is -3.45. The molecule has 0 aromatic heterocycles. The number of methoxy groups -OCH3 is 1. The Morgan fingerprint density at radius 2 is 1.57 bits per heavy atom. The number of amides is 2. The van der Waals surface area contributed by atoms with Crippen LogP contribution < -0.4 is 10.6 Å². The van der Waals surface area contributed by atoms with Crippen LogP contribution in [0.3, 0.4) is 0 Å². The molecule has 7 heteroatoms. The number of hydrogen-bond donors (Lipinski definition) is 3. The predicted octanol–water partition coefficient (Wildman–Crippen LogP) is 2.14. The summed E-state index contributed by atoms with van der Waals surface area (Å²) < 4.78 is 4.72. The van der Waals surface area contributed by atoms with Gasteiger partial charge in [-0.1, -0.05) is 54.1 Å². The van der Waals surface area contributed by atoms with E-state index in [2.05, 4.69) is 17.2 Å². The lowest BCUT2D eigenvalue weighted by molar-refractivity contribution is -0.146. The van der Waals surface area contributed by atoms with Crippen molar-refractivity contribution in [2.24, 2.45) is 0 Å². The van der Waals surface area contributed by atoms with Crippen molar-refractivity contribution in [3.8, 4) is 0 Å². The minimum absolute atomic E-state index is 0.164. The molecule has 3 N–H and O–H groups in total. The maximum absolute atomic E-state index is 12.7. The maximum atomic E-state index is 12.7. The van der Waals surface area contributed by atoms with Crippen LogP contribution in [0.25, 0.3) is 0 Å². The van der Waals surface area contributed by atoms with Gasteiger partial charge >= 0.3 is 5.97 Å². The van der Waals surface area contributed by atoms with Crippen molar-refractivity contribution < 1.29 is 24.2 Å². The highest BCUT2D eigenvalue weighted by molar-refractivity contribution is 5.95. The fourth-order valence-electron chi connectivity index (χ4n) is 2.91. The monoisotopic (exact) mass is 410 g/mol. The second-order valence-electron chi connectivity index (χ2n) is 6.92. The van der Waals surface area contributed by atoms with Crippen molar-refractivity contribution in [2.75, 3.05) is 7.11 Å². The Labute approximate surface area is 175 Å². The number of hydrogen-bond acceptors (Lipinski definition) is 5. The van der Waals surface area contributed by atoms with Crippen LogP contribution >= 0.6 is 0 Å². The zero-order valence-electron chi connectivity index (χ0n) is 17.0. The van der Waals surface area contributed by atoms with E-state index in [9.17, 15) is 19.5 Å². The number of aliphatic hydroxyl groups excluding tert-OH is 1. The largest absolute Gasteiger partial charge is 0.467 e. The molecule has 0 fully saturated rings. The SMILES string of the molecule is C=C(C)C[C@@H](NC(=O)[C@H](O)[C@@H](NC(=O)c1ccccc1)c1ccccc1)C(=O)OC. The molecule has 0 aliphatic rings. The Balaban J connectivity index is 2.24. The molecule has 2 rings (SSSR count). The van der Waals surface area contributed by atoms with Crippen LogP contribution in [0.4, 0.5) is 0 Å². The molecule has 0 radical (unpaired) electrons. The second kappa shape index (κ2) is 10.9.